The smallest absolute Gasteiger partial charge is 0.105 e. The minimum atomic E-state index is -0.339. The zero-order chi connectivity index (χ0) is 20.2. The van der Waals surface area contributed by atoms with Crippen LogP contribution in [0.4, 0.5) is 0 Å². The molecule has 0 amide bonds. The summed E-state index contributed by atoms with van der Waals surface area (Å²) in [6.07, 6.45) is 3.62. The lowest BCUT2D eigenvalue weighted by molar-refractivity contribution is -0.159. The molecule has 0 bridgehead atoms. The zero-order valence-electron chi connectivity index (χ0n) is 18.5. The van der Waals surface area contributed by atoms with Crippen molar-refractivity contribution in [1.82, 2.24) is 0 Å². The van der Waals surface area contributed by atoms with Crippen molar-refractivity contribution in [3.05, 3.63) is 0 Å². The van der Waals surface area contributed by atoms with E-state index in [1.54, 1.807) is 0 Å². The van der Waals surface area contributed by atoms with E-state index in [-0.39, 0.29) is 36.1 Å². The van der Waals surface area contributed by atoms with Gasteiger partial charge in [0.15, 0.2) is 0 Å². The summed E-state index contributed by atoms with van der Waals surface area (Å²) < 4.78 is 23.6. The molecular weight excluding hydrogens is 332 g/mol. The van der Waals surface area contributed by atoms with E-state index < -0.39 is 0 Å². The summed E-state index contributed by atoms with van der Waals surface area (Å²) in [5, 5.41) is 9.72. The molecule has 0 spiro atoms. The Kier molecular flexibility index (Phi) is 13.0. The first-order valence-corrected chi connectivity index (χ1v) is 10.2. The molecule has 26 heavy (non-hydrogen) atoms. The first kappa shape index (κ1) is 25.8. The van der Waals surface area contributed by atoms with Gasteiger partial charge in [-0.1, -0.05) is 13.8 Å². The normalized spacial score (nSPS) is 17.3. The number of aliphatic hydroxyl groups excluding tert-OH is 1. The van der Waals surface area contributed by atoms with Crippen LogP contribution in [0.2, 0.25) is 0 Å². The van der Waals surface area contributed by atoms with Crippen molar-refractivity contribution in [2.45, 2.75) is 111 Å². The van der Waals surface area contributed by atoms with E-state index in [4.69, 9.17) is 18.9 Å². The number of rotatable bonds is 16. The van der Waals surface area contributed by atoms with Crippen molar-refractivity contribution in [3.63, 3.8) is 0 Å². The molecule has 0 heterocycles. The van der Waals surface area contributed by atoms with E-state index in [1.165, 1.54) is 0 Å². The van der Waals surface area contributed by atoms with Crippen LogP contribution in [0, 0.1) is 0 Å². The standard InChI is InChI=1S/C21H44O5/c1-9-18(5)24-14-12-21(8,10-2)26-19(15-22)16-25-20(6,7)11-13-23-17(3)4/h17-19,22H,9-16H2,1-8H3. The highest BCUT2D eigenvalue weighted by Gasteiger charge is 2.29. The second-order valence-corrected chi connectivity index (χ2v) is 8.31. The molecule has 3 unspecified atom stereocenters. The van der Waals surface area contributed by atoms with E-state index >= 15 is 0 Å². The average molecular weight is 377 g/mol. The third kappa shape index (κ3) is 12.2. The minimum Gasteiger partial charge on any atom is -0.394 e. The minimum absolute atomic E-state index is 0.0552. The van der Waals surface area contributed by atoms with Gasteiger partial charge in [-0.25, -0.2) is 0 Å². The number of hydrogen-bond acceptors (Lipinski definition) is 5. The van der Waals surface area contributed by atoms with Gasteiger partial charge in [-0.15, -0.1) is 0 Å². The molecule has 0 aromatic heterocycles. The first-order valence-electron chi connectivity index (χ1n) is 10.2. The van der Waals surface area contributed by atoms with Crippen LogP contribution < -0.4 is 0 Å². The van der Waals surface area contributed by atoms with Gasteiger partial charge in [0.25, 0.3) is 0 Å². The monoisotopic (exact) mass is 376 g/mol. The van der Waals surface area contributed by atoms with E-state index in [9.17, 15) is 5.11 Å². The first-order chi connectivity index (χ1) is 12.1. The van der Waals surface area contributed by atoms with Crippen LogP contribution >= 0.6 is 0 Å². The molecule has 5 heteroatoms. The van der Waals surface area contributed by atoms with Gasteiger partial charge >= 0.3 is 0 Å². The molecule has 0 saturated heterocycles. The molecule has 0 aliphatic carbocycles. The van der Waals surface area contributed by atoms with Gasteiger partial charge in [-0.2, -0.15) is 0 Å². The van der Waals surface area contributed by atoms with Gasteiger partial charge in [0.05, 0.1) is 36.6 Å². The van der Waals surface area contributed by atoms with Crippen LogP contribution in [0.15, 0.2) is 0 Å². The fourth-order valence-electron chi connectivity index (χ4n) is 2.37. The molecule has 3 atom stereocenters. The quantitative estimate of drug-likeness (QED) is 0.434. The lowest BCUT2D eigenvalue weighted by Crippen LogP contribution is -2.40. The number of ether oxygens (including phenoxy) is 4. The van der Waals surface area contributed by atoms with E-state index in [0.29, 0.717) is 19.8 Å². The Morgan fingerprint density at radius 2 is 1.54 bits per heavy atom. The molecule has 0 saturated carbocycles. The van der Waals surface area contributed by atoms with Crippen LogP contribution in [0.5, 0.6) is 0 Å². The fraction of sp³-hybridized carbons (Fsp3) is 1.00. The average Bonchev–Trinajstić information content (AvgIpc) is 2.57. The van der Waals surface area contributed by atoms with Crippen LogP contribution in [0.1, 0.15) is 81.1 Å². The molecule has 5 nitrogen and oxygen atoms in total. The Balaban J connectivity index is 4.42. The predicted octanol–water partition coefficient (Wildman–Crippen LogP) is 4.35. The number of aliphatic hydroxyl groups is 1. The summed E-state index contributed by atoms with van der Waals surface area (Å²) in [6.45, 7) is 18.2. The molecule has 0 radical (unpaired) electrons. The Morgan fingerprint density at radius 1 is 0.923 bits per heavy atom. The SMILES string of the molecule is CCC(C)OCCC(C)(CC)OC(CO)COC(C)(C)CCOC(C)C. The Morgan fingerprint density at radius 3 is 2.04 bits per heavy atom. The van der Waals surface area contributed by atoms with E-state index in [0.717, 1.165) is 25.7 Å². The summed E-state index contributed by atoms with van der Waals surface area (Å²) in [6, 6.07) is 0. The van der Waals surface area contributed by atoms with Crippen molar-refractivity contribution in [2.75, 3.05) is 26.4 Å². The summed E-state index contributed by atoms with van der Waals surface area (Å²) in [7, 11) is 0. The third-order valence-electron chi connectivity index (χ3n) is 4.83. The molecule has 1 N–H and O–H groups in total. The summed E-state index contributed by atoms with van der Waals surface area (Å²) in [5.41, 5.74) is -0.636. The van der Waals surface area contributed by atoms with Gasteiger partial charge in [0.2, 0.25) is 0 Å². The second kappa shape index (κ2) is 13.1. The molecule has 0 aromatic rings. The van der Waals surface area contributed by atoms with Gasteiger partial charge in [-0.05, 0) is 67.2 Å². The van der Waals surface area contributed by atoms with Gasteiger partial charge < -0.3 is 24.1 Å². The third-order valence-corrected chi connectivity index (χ3v) is 4.83. The summed E-state index contributed by atoms with van der Waals surface area (Å²) >= 11 is 0. The van der Waals surface area contributed by atoms with Crippen molar-refractivity contribution in [3.8, 4) is 0 Å². The van der Waals surface area contributed by atoms with Crippen molar-refractivity contribution < 1.29 is 24.1 Å². The highest BCUT2D eigenvalue weighted by atomic mass is 16.6. The van der Waals surface area contributed by atoms with Crippen molar-refractivity contribution >= 4 is 0 Å². The molecule has 0 aliphatic heterocycles. The maximum atomic E-state index is 9.72. The molecule has 0 fully saturated rings. The van der Waals surface area contributed by atoms with Crippen LogP contribution in [-0.4, -0.2) is 61.0 Å². The van der Waals surface area contributed by atoms with Gasteiger partial charge in [0, 0.05) is 13.2 Å². The van der Waals surface area contributed by atoms with Crippen molar-refractivity contribution in [1.29, 1.82) is 0 Å². The topological polar surface area (TPSA) is 57.2 Å². The lowest BCUT2D eigenvalue weighted by atomic mass is 9.99. The van der Waals surface area contributed by atoms with Crippen LogP contribution in [-0.2, 0) is 18.9 Å². The van der Waals surface area contributed by atoms with E-state index in [1.807, 2.05) is 27.7 Å². The van der Waals surface area contributed by atoms with E-state index in [2.05, 4.69) is 27.7 Å². The summed E-state index contributed by atoms with van der Waals surface area (Å²) in [4.78, 5) is 0. The maximum absolute atomic E-state index is 9.72. The zero-order valence-corrected chi connectivity index (χ0v) is 18.5. The molecule has 158 valence electrons. The fourth-order valence-corrected chi connectivity index (χ4v) is 2.37. The molecular formula is C21H44O5. The van der Waals surface area contributed by atoms with Crippen LogP contribution in [0.25, 0.3) is 0 Å². The highest BCUT2D eigenvalue weighted by Crippen LogP contribution is 2.24. The second-order valence-electron chi connectivity index (χ2n) is 8.31. The summed E-state index contributed by atoms with van der Waals surface area (Å²) in [5.74, 6) is 0. The Bertz CT molecular complexity index is 345. The Hall–Kier alpha value is -0.200. The van der Waals surface area contributed by atoms with Crippen molar-refractivity contribution in [2.24, 2.45) is 0 Å². The molecule has 0 aromatic carbocycles. The Labute approximate surface area is 161 Å². The largest absolute Gasteiger partial charge is 0.394 e. The maximum Gasteiger partial charge on any atom is 0.105 e. The van der Waals surface area contributed by atoms with Crippen LogP contribution in [0.3, 0.4) is 0 Å². The molecule has 0 aliphatic rings. The van der Waals surface area contributed by atoms with Gasteiger partial charge in [0.1, 0.15) is 6.10 Å². The molecule has 0 rings (SSSR count). The predicted molar refractivity (Wildman–Crippen MR) is 107 cm³/mol. The lowest BCUT2D eigenvalue weighted by Gasteiger charge is -2.35. The highest BCUT2D eigenvalue weighted by molar-refractivity contribution is 4.77. The van der Waals surface area contributed by atoms with Gasteiger partial charge in [-0.3, -0.25) is 0 Å². The number of hydrogen-bond donors (Lipinski definition) is 1.